The lowest BCUT2D eigenvalue weighted by Crippen LogP contribution is -2.39. The fourth-order valence-corrected chi connectivity index (χ4v) is 9.28. The second-order valence-corrected chi connectivity index (χ2v) is 21.9. The van der Waals surface area contributed by atoms with E-state index in [9.17, 15) is 20.4 Å². The molecule has 0 aliphatic carbocycles. The third kappa shape index (κ3) is 10.1. The van der Waals surface area contributed by atoms with Gasteiger partial charge in [0.25, 0.3) is 0 Å². The van der Waals surface area contributed by atoms with Crippen molar-refractivity contribution in [3.05, 3.63) is 115 Å². The Morgan fingerprint density at radius 2 is 0.517 bits per heavy atom. The van der Waals surface area contributed by atoms with Gasteiger partial charge in [-0.1, -0.05) is 154 Å². The normalized spacial score (nSPS) is 13.0. The molecule has 320 valence electrons. The van der Waals surface area contributed by atoms with Gasteiger partial charge >= 0.3 is 0 Å². The predicted octanol–water partition coefficient (Wildman–Crippen LogP) is 14.8. The van der Waals surface area contributed by atoms with Gasteiger partial charge in [-0.05, 0) is 147 Å². The third-order valence-corrected chi connectivity index (χ3v) is 12.4. The van der Waals surface area contributed by atoms with Gasteiger partial charge in [0, 0.05) is 10.8 Å². The van der Waals surface area contributed by atoms with Gasteiger partial charge in [-0.15, -0.1) is 0 Å². The molecule has 0 bridgehead atoms. The molecule has 0 amide bonds. The van der Waals surface area contributed by atoms with Gasteiger partial charge in [-0.3, -0.25) is 0 Å². The molecular weight excluding hydrogens is 713 g/mol. The van der Waals surface area contributed by atoms with Crippen molar-refractivity contribution < 1.29 is 20.4 Å². The van der Waals surface area contributed by atoms with Crippen LogP contribution in [0.15, 0.2) is 48.5 Å². The van der Waals surface area contributed by atoms with E-state index in [1.165, 1.54) is 19.3 Å². The molecule has 0 unspecified atom stereocenters. The van der Waals surface area contributed by atoms with E-state index in [1.807, 2.05) is 24.3 Å². The molecule has 0 aliphatic rings. The molecular formula is C54H80O4. The first-order valence-corrected chi connectivity index (χ1v) is 21.6. The molecule has 0 fully saturated rings. The number of unbranched alkanes of at least 4 members (excludes halogenated alkanes) is 2. The van der Waals surface area contributed by atoms with Crippen LogP contribution < -0.4 is 0 Å². The molecule has 0 aromatic heterocycles. The highest BCUT2D eigenvalue weighted by Crippen LogP contribution is 2.54. The topological polar surface area (TPSA) is 80.9 Å². The maximum Gasteiger partial charge on any atom is 0.119 e. The van der Waals surface area contributed by atoms with Gasteiger partial charge in [0.2, 0.25) is 0 Å². The summed E-state index contributed by atoms with van der Waals surface area (Å²) in [6, 6.07) is 16.5. The molecule has 4 rings (SSSR count). The van der Waals surface area contributed by atoms with Crippen molar-refractivity contribution in [1.82, 2.24) is 0 Å². The third-order valence-electron chi connectivity index (χ3n) is 12.4. The van der Waals surface area contributed by atoms with E-state index in [0.717, 1.165) is 66.8 Å². The Morgan fingerprint density at radius 3 is 0.655 bits per heavy atom. The smallest absolute Gasteiger partial charge is 0.119 e. The predicted molar refractivity (Wildman–Crippen MR) is 249 cm³/mol. The molecule has 4 nitrogen and oxygen atoms in total. The van der Waals surface area contributed by atoms with Crippen molar-refractivity contribution in [1.29, 1.82) is 0 Å². The van der Waals surface area contributed by atoms with E-state index in [2.05, 4.69) is 163 Å². The van der Waals surface area contributed by atoms with Gasteiger partial charge < -0.3 is 20.4 Å². The molecule has 0 aliphatic heterocycles. The summed E-state index contributed by atoms with van der Waals surface area (Å²) < 4.78 is 0. The summed E-state index contributed by atoms with van der Waals surface area (Å²) in [4.78, 5) is 0. The number of aromatic hydroxyl groups is 4. The van der Waals surface area contributed by atoms with Crippen molar-refractivity contribution in [2.45, 2.75) is 197 Å². The van der Waals surface area contributed by atoms with Gasteiger partial charge in [-0.2, -0.15) is 0 Å². The molecule has 4 heteroatoms. The van der Waals surface area contributed by atoms with Gasteiger partial charge in [0.1, 0.15) is 23.0 Å². The van der Waals surface area contributed by atoms with Crippen molar-refractivity contribution in [2.24, 2.45) is 0 Å². The van der Waals surface area contributed by atoms with E-state index < -0.39 is 10.8 Å². The largest absolute Gasteiger partial charge is 0.508 e. The Bertz CT molecular complexity index is 1800. The van der Waals surface area contributed by atoms with Crippen LogP contribution in [0.3, 0.4) is 0 Å². The van der Waals surface area contributed by atoms with Crippen LogP contribution in [-0.2, 0) is 32.5 Å². The van der Waals surface area contributed by atoms with E-state index in [0.29, 0.717) is 6.42 Å². The Morgan fingerprint density at radius 1 is 0.328 bits per heavy atom. The molecule has 4 N–H and O–H groups in total. The van der Waals surface area contributed by atoms with E-state index in [1.54, 1.807) is 0 Å². The van der Waals surface area contributed by atoms with Crippen molar-refractivity contribution in [3.8, 4) is 23.0 Å². The lowest BCUT2D eigenvalue weighted by Gasteiger charge is -2.45. The zero-order chi connectivity index (χ0) is 44.7. The van der Waals surface area contributed by atoms with Gasteiger partial charge in [-0.25, -0.2) is 0 Å². The van der Waals surface area contributed by atoms with Crippen molar-refractivity contribution in [2.75, 3.05) is 0 Å². The molecule has 0 saturated heterocycles. The molecule has 58 heavy (non-hydrogen) atoms. The quantitative estimate of drug-likeness (QED) is 0.143. The molecule has 4 aromatic rings. The first-order chi connectivity index (χ1) is 26.2. The maximum atomic E-state index is 11.4. The Balaban J connectivity index is 0.00000169. The summed E-state index contributed by atoms with van der Waals surface area (Å²) in [6.45, 7) is 43.0. The Labute approximate surface area is 354 Å². The minimum absolute atomic E-state index is 0.287. The van der Waals surface area contributed by atoms with E-state index >= 15 is 0 Å². The molecule has 0 atom stereocenters. The van der Waals surface area contributed by atoms with Crippen LogP contribution in [0.25, 0.3) is 0 Å². The fourth-order valence-electron chi connectivity index (χ4n) is 9.28. The standard InChI is InChI=1S/C49H68O4.C5H12/c1-28-19-40(50)36(44(5,6)7)23-32(28)48(17,33-24-37(45(8,9)10)41(51)20-29(33)2)27-49(18,34-25-38(46(11,12)13)42(52)21-30(34)3)35-26-39(47(14,15)16)43(53)22-31(35)4;1-3-5-4-2/h19-26,50-53H,27H2,1-18H3;3-5H2,1-2H3. The van der Waals surface area contributed by atoms with Crippen LogP contribution >= 0.6 is 0 Å². The number of phenolic OH excluding ortho intramolecular Hbond substituents is 4. The molecule has 0 saturated carbocycles. The monoisotopic (exact) mass is 793 g/mol. The SMILES string of the molecule is CCCCC.Cc1cc(O)c(C(C)(C)C)cc1C(C)(CC(C)(c1cc(C(C)(C)C)c(O)cc1C)c1cc(C(C)(C)C)c(O)cc1C)c1cc(C(C)(C)C)c(O)cc1C. The minimum atomic E-state index is -0.664. The molecule has 0 radical (unpaired) electrons. The molecule has 0 spiro atoms. The number of hydrogen-bond donors (Lipinski definition) is 4. The number of benzene rings is 4. The average Bonchev–Trinajstić information content (AvgIpc) is 3.02. The fraction of sp³-hybridized carbons (Fsp3) is 0.556. The zero-order valence-corrected chi connectivity index (χ0v) is 40.2. The maximum absolute atomic E-state index is 11.4. The number of phenols is 4. The zero-order valence-electron chi connectivity index (χ0n) is 40.2. The van der Waals surface area contributed by atoms with Crippen molar-refractivity contribution in [3.63, 3.8) is 0 Å². The lowest BCUT2D eigenvalue weighted by molar-refractivity contribution is 0.380. The van der Waals surface area contributed by atoms with Crippen LogP contribution in [0.1, 0.15) is 203 Å². The van der Waals surface area contributed by atoms with Gasteiger partial charge in [0.15, 0.2) is 0 Å². The first-order valence-electron chi connectivity index (χ1n) is 21.6. The second kappa shape index (κ2) is 17.0. The number of hydrogen-bond acceptors (Lipinski definition) is 4. The van der Waals surface area contributed by atoms with Crippen LogP contribution in [-0.4, -0.2) is 20.4 Å². The van der Waals surface area contributed by atoms with Crippen LogP contribution in [0.4, 0.5) is 0 Å². The van der Waals surface area contributed by atoms with Crippen LogP contribution in [0, 0.1) is 27.7 Å². The molecule has 0 heterocycles. The summed E-state index contributed by atoms with van der Waals surface area (Å²) >= 11 is 0. The summed E-state index contributed by atoms with van der Waals surface area (Å²) in [7, 11) is 0. The van der Waals surface area contributed by atoms with Gasteiger partial charge in [0.05, 0.1) is 0 Å². The summed E-state index contributed by atoms with van der Waals surface area (Å²) in [5.74, 6) is 1.15. The van der Waals surface area contributed by atoms with Crippen LogP contribution in [0.5, 0.6) is 23.0 Å². The average molecular weight is 793 g/mol. The number of rotatable bonds is 8. The highest BCUT2D eigenvalue weighted by Gasteiger charge is 2.45. The highest BCUT2D eigenvalue weighted by molar-refractivity contribution is 5.60. The summed E-state index contributed by atoms with van der Waals surface area (Å²) in [5.41, 5.74) is 9.31. The van der Waals surface area contributed by atoms with Crippen molar-refractivity contribution >= 4 is 0 Å². The van der Waals surface area contributed by atoms with E-state index in [4.69, 9.17) is 0 Å². The highest BCUT2D eigenvalue weighted by atomic mass is 16.3. The second-order valence-electron chi connectivity index (χ2n) is 21.9. The van der Waals surface area contributed by atoms with E-state index in [-0.39, 0.29) is 44.7 Å². The summed E-state index contributed by atoms with van der Waals surface area (Å²) in [5, 5.41) is 45.5. The summed E-state index contributed by atoms with van der Waals surface area (Å²) in [6.07, 6.45) is 4.68. The molecule has 4 aromatic carbocycles. The Hall–Kier alpha value is -3.92. The first kappa shape index (κ1) is 48.4. The Kier molecular flexibility index (Phi) is 14.2. The number of aryl methyl sites for hydroxylation is 4. The lowest BCUT2D eigenvalue weighted by atomic mass is 9.58. The van der Waals surface area contributed by atoms with Crippen LogP contribution in [0.2, 0.25) is 0 Å². The minimum Gasteiger partial charge on any atom is -0.508 e.